The Morgan fingerprint density at radius 2 is 1.82 bits per heavy atom. The molecule has 0 saturated heterocycles. The Morgan fingerprint density at radius 1 is 1.05 bits per heavy atom. The lowest BCUT2D eigenvalue weighted by Crippen LogP contribution is -2.24. The van der Waals surface area contributed by atoms with E-state index in [1.54, 1.807) is 19.1 Å². The van der Waals surface area contributed by atoms with E-state index in [2.05, 4.69) is 20.8 Å². The summed E-state index contributed by atoms with van der Waals surface area (Å²) in [6, 6.07) is 13.6. The molecule has 0 aliphatic rings. The van der Waals surface area contributed by atoms with Crippen LogP contribution in [-0.4, -0.2) is 44.9 Å². The Hall–Kier alpha value is -4.59. The van der Waals surface area contributed by atoms with Gasteiger partial charge in [0.05, 0.1) is 42.0 Å². The molecule has 2 aromatic carbocycles. The van der Waals surface area contributed by atoms with E-state index < -0.39 is 29.5 Å². The van der Waals surface area contributed by atoms with Gasteiger partial charge in [0.15, 0.2) is 16.7 Å². The summed E-state index contributed by atoms with van der Waals surface area (Å²) in [7, 11) is 0. The summed E-state index contributed by atoms with van der Waals surface area (Å²) in [5.74, 6) is -1.44. The molecule has 0 bridgehead atoms. The van der Waals surface area contributed by atoms with Crippen LogP contribution in [0, 0.1) is 0 Å². The van der Waals surface area contributed by atoms with Gasteiger partial charge in [-0.2, -0.15) is 13.2 Å². The molecule has 4 rings (SSSR count). The Labute approximate surface area is 229 Å². The number of thioether (sulfide) groups is 1. The summed E-state index contributed by atoms with van der Waals surface area (Å²) in [5, 5.41) is 13.5. The fourth-order valence-corrected chi connectivity index (χ4v) is 4.25. The number of alkyl halides is 3. The van der Waals surface area contributed by atoms with Gasteiger partial charge in [-0.1, -0.05) is 17.8 Å². The summed E-state index contributed by atoms with van der Waals surface area (Å²) in [6.45, 7) is 1.75. The van der Waals surface area contributed by atoms with Crippen molar-refractivity contribution in [2.75, 3.05) is 17.7 Å². The van der Waals surface area contributed by atoms with E-state index in [4.69, 9.17) is 9.15 Å². The molecular weight excluding hydrogens is 551 g/mol. The van der Waals surface area contributed by atoms with Crippen molar-refractivity contribution in [3.63, 3.8) is 0 Å². The Kier molecular flexibility index (Phi) is 8.89. The highest BCUT2D eigenvalue weighted by Gasteiger charge is 2.31. The zero-order valence-corrected chi connectivity index (χ0v) is 21.7. The second-order valence-electron chi connectivity index (χ2n) is 8.08. The molecule has 208 valence electrons. The number of benzene rings is 2. The smallest absolute Gasteiger partial charge is 0.416 e. The van der Waals surface area contributed by atoms with Crippen LogP contribution in [0.5, 0.6) is 0 Å². The number of carbonyl (C=O) groups excluding carboxylic acids is 3. The molecule has 2 amide bonds. The van der Waals surface area contributed by atoms with Crippen molar-refractivity contribution in [1.82, 2.24) is 20.1 Å². The fourth-order valence-electron chi connectivity index (χ4n) is 3.47. The van der Waals surface area contributed by atoms with Crippen molar-refractivity contribution >= 4 is 35.2 Å². The molecule has 0 radical (unpaired) electrons. The van der Waals surface area contributed by atoms with Crippen molar-refractivity contribution in [2.24, 2.45) is 0 Å². The minimum Gasteiger partial charge on any atom is -0.462 e. The highest BCUT2D eigenvalue weighted by atomic mass is 32.2. The summed E-state index contributed by atoms with van der Waals surface area (Å²) in [4.78, 5) is 36.7. The van der Waals surface area contributed by atoms with Gasteiger partial charge < -0.3 is 19.8 Å². The number of carbonyl (C=O) groups is 3. The van der Waals surface area contributed by atoms with Crippen LogP contribution in [0.1, 0.15) is 39.2 Å². The van der Waals surface area contributed by atoms with Gasteiger partial charge in [0.25, 0.3) is 5.91 Å². The van der Waals surface area contributed by atoms with E-state index in [1.165, 1.54) is 47.2 Å². The van der Waals surface area contributed by atoms with Gasteiger partial charge >= 0.3 is 12.1 Å². The number of amides is 2. The van der Waals surface area contributed by atoms with Crippen molar-refractivity contribution in [3.05, 3.63) is 89.6 Å². The topological polar surface area (TPSA) is 128 Å². The Morgan fingerprint density at radius 3 is 2.50 bits per heavy atom. The first-order valence-corrected chi connectivity index (χ1v) is 12.8. The monoisotopic (exact) mass is 573 g/mol. The molecule has 0 saturated carbocycles. The SMILES string of the molecule is CCOC(=O)c1ccc(NC(=O)CSc2nnc(CNC(=O)c3ccco3)n2-c2cccc(C(F)(F)F)c2)cc1. The number of nitrogens with one attached hydrogen (secondary N) is 2. The van der Waals surface area contributed by atoms with Crippen molar-refractivity contribution in [3.8, 4) is 5.69 Å². The van der Waals surface area contributed by atoms with Gasteiger partial charge in [-0.15, -0.1) is 10.2 Å². The van der Waals surface area contributed by atoms with Gasteiger partial charge in [0.2, 0.25) is 5.91 Å². The Bertz CT molecular complexity index is 1490. The minimum atomic E-state index is -4.59. The van der Waals surface area contributed by atoms with E-state index in [9.17, 15) is 27.6 Å². The van der Waals surface area contributed by atoms with Crippen LogP contribution < -0.4 is 10.6 Å². The summed E-state index contributed by atoms with van der Waals surface area (Å²) in [6.07, 6.45) is -3.26. The molecule has 0 aliphatic carbocycles. The lowest BCUT2D eigenvalue weighted by atomic mass is 10.2. The van der Waals surface area contributed by atoms with Crippen LogP contribution >= 0.6 is 11.8 Å². The number of aromatic nitrogens is 3. The zero-order chi connectivity index (χ0) is 28.7. The van der Waals surface area contributed by atoms with Gasteiger partial charge in [0.1, 0.15) is 0 Å². The second kappa shape index (κ2) is 12.5. The molecule has 2 aromatic heterocycles. The number of hydrogen-bond donors (Lipinski definition) is 2. The van der Waals surface area contributed by atoms with Gasteiger partial charge in [-0.05, 0) is 61.5 Å². The highest BCUT2D eigenvalue weighted by molar-refractivity contribution is 7.99. The number of rotatable bonds is 10. The van der Waals surface area contributed by atoms with E-state index in [0.717, 1.165) is 23.9 Å². The van der Waals surface area contributed by atoms with Gasteiger partial charge in [-0.3, -0.25) is 14.2 Å². The van der Waals surface area contributed by atoms with Crippen LogP contribution in [0.2, 0.25) is 0 Å². The third-order valence-electron chi connectivity index (χ3n) is 5.30. The van der Waals surface area contributed by atoms with Crippen molar-refractivity contribution in [2.45, 2.75) is 24.8 Å². The molecule has 10 nitrogen and oxygen atoms in total. The maximum atomic E-state index is 13.4. The summed E-state index contributed by atoms with van der Waals surface area (Å²) in [5.41, 5.74) is -0.0295. The molecular formula is C26H22F3N5O5S. The van der Waals surface area contributed by atoms with E-state index in [0.29, 0.717) is 11.3 Å². The van der Waals surface area contributed by atoms with Crippen molar-refractivity contribution in [1.29, 1.82) is 0 Å². The van der Waals surface area contributed by atoms with E-state index in [-0.39, 0.29) is 41.3 Å². The molecule has 14 heteroatoms. The van der Waals surface area contributed by atoms with Crippen LogP contribution in [0.25, 0.3) is 5.69 Å². The highest BCUT2D eigenvalue weighted by Crippen LogP contribution is 2.31. The summed E-state index contributed by atoms with van der Waals surface area (Å²) < 4.78 is 51.5. The molecule has 2 heterocycles. The molecule has 4 aromatic rings. The Balaban J connectivity index is 1.50. The van der Waals surface area contributed by atoms with E-state index in [1.807, 2.05) is 0 Å². The third-order valence-corrected chi connectivity index (χ3v) is 6.23. The second-order valence-corrected chi connectivity index (χ2v) is 9.02. The number of nitrogens with zero attached hydrogens (tertiary/aromatic N) is 3. The lowest BCUT2D eigenvalue weighted by molar-refractivity contribution is -0.137. The molecule has 0 atom stereocenters. The van der Waals surface area contributed by atoms with Crippen LogP contribution in [0.4, 0.5) is 18.9 Å². The number of furan rings is 1. The fraction of sp³-hybridized carbons (Fsp3) is 0.192. The number of halogens is 3. The van der Waals surface area contributed by atoms with Crippen LogP contribution in [0.3, 0.4) is 0 Å². The molecule has 0 unspecified atom stereocenters. The first-order valence-electron chi connectivity index (χ1n) is 11.8. The normalized spacial score (nSPS) is 11.2. The van der Waals surface area contributed by atoms with Crippen molar-refractivity contribution < 1.29 is 36.7 Å². The zero-order valence-electron chi connectivity index (χ0n) is 20.9. The molecule has 2 N–H and O–H groups in total. The number of anilines is 1. The maximum absolute atomic E-state index is 13.4. The van der Waals surface area contributed by atoms with Gasteiger partial charge in [-0.25, -0.2) is 4.79 Å². The quantitative estimate of drug-likeness (QED) is 0.206. The minimum absolute atomic E-state index is 0.0479. The summed E-state index contributed by atoms with van der Waals surface area (Å²) >= 11 is 0.941. The number of ether oxygens (including phenoxy) is 1. The first kappa shape index (κ1) is 28.4. The predicted octanol–water partition coefficient (Wildman–Crippen LogP) is 4.72. The van der Waals surface area contributed by atoms with E-state index >= 15 is 0 Å². The largest absolute Gasteiger partial charge is 0.462 e. The molecule has 0 aliphatic heterocycles. The molecule has 40 heavy (non-hydrogen) atoms. The average Bonchev–Trinajstić information content (AvgIpc) is 3.61. The standard InChI is InChI=1S/C26H22F3N5O5S/c1-2-38-24(37)16-8-10-18(11-9-16)31-22(35)15-40-25-33-32-21(14-30-23(36)20-7-4-12-39-20)34(25)19-6-3-5-17(13-19)26(27,28)29/h3-13H,2,14-15H2,1H3,(H,30,36)(H,31,35). The first-order chi connectivity index (χ1) is 19.2. The predicted molar refractivity (Wildman–Crippen MR) is 138 cm³/mol. The van der Waals surface area contributed by atoms with Crippen LogP contribution in [-0.2, 0) is 22.3 Å². The van der Waals surface area contributed by atoms with Crippen LogP contribution in [0.15, 0.2) is 76.5 Å². The van der Waals surface area contributed by atoms with Gasteiger partial charge in [0, 0.05) is 5.69 Å². The molecule has 0 fully saturated rings. The average molecular weight is 574 g/mol. The third kappa shape index (κ3) is 7.08. The molecule has 0 spiro atoms. The lowest BCUT2D eigenvalue weighted by Gasteiger charge is -2.13. The number of esters is 1. The number of hydrogen-bond acceptors (Lipinski definition) is 8. The maximum Gasteiger partial charge on any atom is 0.416 e.